The summed E-state index contributed by atoms with van der Waals surface area (Å²) in [6, 6.07) is 9.81. The van der Waals surface area contributed by atoms with Gasteiger partial charge in [-0.1, -0.05) is 18.2 Å². The summed E-state index contributed by atoms with van der Waals surface area (Å²) in [5.74, 6) is -0.941. The average molecular weight is 256 g/mol. The molecule has 0 radical (unpaired) electrons. The van der Waals surface area contributed by atoms with Crippen LogP contribution in [0.5, 0.6) is 0 Å². The Morgan fingerprint density at radius 3 is 2.79 bits per heavy atom. The monoisotopic (exact) mass is 256 g/mol. The first-order valence-corrected chi connectivity index (χ1v) is 6.05. The van der Waals surface area contributed by atoms with Crippen molar-refractivity contribution in [2.24, 2.45) is 0 Å². The summed E-state index contributed by atoms with van der Waals surface area (Å²) >= 11 is 0. The molecule has 1 aromatic carbocycles. The van der Waals surface area contributed by atoms with Crippen molar-refractivity contribution in [3.63, 3.8) is 0 Å². The first-order valence-electron chi connectivity index (χ1n) is 6.05. The number of rotatable bonds is 4. The number of benzene rings is 1. The van der Waals surface area contributed by atoms with E-state index in [4.69, 9.17) is 5.11 Å². The van der Waals surface area contributed by atoms with Gasteiger partial charge in [-0.3, -0.25) is 4.68 Å². The third-order valence-electron chi connectivity index (χ3n) is 2.81. The van der Waals surface area contributed by atoms with Crippen LogP contribution in [0.1, 0.15) is 22.5 Å². The maximum Gasteiger partial charge on any atom is 0.328 e. The van der Waals surface area contributed by atoms with Gasteiger partial charge in [-0.05, 0) is 43.2 Å². The van der Waals surface area contributed by atoms with Gasteiger partial charge in [0, 0.05) is 11.8 Å². The molecule has 0 aliphatic rings. The number of aliphatic carboxylic acids is 1. The second-order valence-corrected chi connectivity index (χ2v) is 4.50. The van der Waals surface area contributed by atoms with Gasteiger partial charge >= 0.3 is 5.97 Å². The van der Waals surface area contributed by atoms with Crippen LogP contribution >= 0.6 is 0 Å². The quantitative estimate of drug-likeness (QED) is 0.855. The summed E-state index contributed by atoms with van der Waals surface area (Å²) in [6.45, 7) is 4.68. The molecule has 0 bridgehead atoms. The van der Waals surface area contributed by atoms with E-state index >= 15 is 0 Å². The topological polar surface area (TPSA) is 55.1 Å². The van der Waals surface area contributed by atoms with Gasteiger partial charge in [0.1, 0.15) is 0 Å². The summed E-state index contributed by atoms with van der Waals surface area (Å²) in [5, 5.41) is 13.0. The number of hydrogen-bond donors (Lipinski definition) is 1. The smallest absolute Gasteiger partial charge is 0.328 e. The Morgan fingerprint density at radius 2 is 2.16 bits per heavy atom. The predicted molar refractivity (Wildman–Crippen MR) is 73.9 cm³/mol. The van der Waals surface area contributed by atoms with E-state index in [1.54, 1.807) is 6.08 Å². The van der Waals surface area contributed by atoms with Crippen molar-refractivity contribution >= 4 is 12.0 Å². The van der Waals surface area contributed by atoms with Crippen molar-refractivity contribution in [3.8, 4) is 0 Å². The lowest BCUT2D eigenvalue weighted by atomic mass is 10.1. The van der Waals surface area contributed by atoms with Gasteiger partial charge in [-0.25, -0.2) is 4.79 Å². The minimum Gasteiger partial charge on any atom is -0.478 e. The van der Waals surface area contributed by atoms with Crippen molar-refractivity contribution in [2.45, 2.75) is 20.4 Å². The molecule has 0 unspecified atom stereocenters. The van der Waals surface area contributed by atoms with E-state index in [0.29, 0.717) is 6.54 Å². The second kappa shape index (κ2) is 5.52. The molecule has 4 heteroatoms. The molecule has 98 valence electrons. The Kier molecular flexibility index (Phi) is 3.80. The van der Waals surface area contributed by atoms with Crippen molar-refractivity contribution in [1.29, 1.82) is 0 Å². The van der Waals surface area contributed by atoms with Crippen LogP contribution in [0.25, 0.3) is 6.08 Å². The number of carboxylic acids is 1. The molecule has 1 N–H and O–H groups in total. The van der Waals surface area contributed by atoms with Gasteiger partial charge in [0.2, 0.25) is 0 Å². The molecule has 0 aliphatic carbocycles. The Labute approximate surface area is 112 Å². The van der Waals surface area contributed by atoms with Gasteiger partial charge < -0.3 is 5.11 Å². The fraction of sp³-hybridized carbons (Fsp3) is 0.200. The molecule has 1 aromatic heterocycles. The van der Waals surface area contributed by atoms with Crippen molar-refractivity contribution < 1.29 is 9.90 Å². The van der Waals surface area contributed by atoms with E-state index in [-0.39, 0.29) is 0 Å². The molecule has 0 spiro atoms. The fourth-order valence-electron chi connectivity index (χ4n) is 1.97. The van der Waals surface area contributed by atoms with E-state index in [9.17, 15) is 4.79 Å². The van der Waals surface area contributed by atoms with Crippen molar-refractivity contribution in [2.75, 3.05) is 0 Å². The minimum atomic E-state index is -0.941. The molecule has 2 aromatic rings. The second-order valence-electron chi connectivity index (χ2n) is 4.50. The normalized spacial score (nSPS) is 11.1. The number of aromatic nitrogens is 2. The zero-order valence-corrected chi connectivity index (χ0v) is 11.0. The van der Waals surface area contributed by atoms with E-state index in [1.807, 2.05) is 48.9 Å². The van der Waals surface area contributed by atoms with Gasteiger partial charge in [0.25, 0.3) is 0 Å². The SMILES string of the molecule is Cc1cc(C)n(Cc2cccc(/C=C/C(=O)O)c2)n1. The summed E-state index contributed by atoms with van der Waals surface area (Å²) < 4.78 is 1.94. The standard InChI is InChI=1S/C15H16N2O2/c1-11-8-12(2)17(16-11)10-14-5-3-4-13(9-14)6-7-15(18)19/h3-9H,10H2,1-2H3,(H,18,19)/b7-6+. The van der Waals surface area contributed by atoms with E-state index in [0.717, 1.165) is 28.6 Å². The number of aryl methyl sites for hydroxylation is 2. The van der Waals surface area contributed by atoms with Gasteiger partial charge in [-0.15, -0.1) is 0 Å². The third-order valence-corrected chi connectivity index (χ3v) is 2.81. The Balaban J connectivity index is 2.19. The molecule has 19 heavy (non-hydrogen) atoms. The van der Waals surface area contributed by atoms with Crippen LogP contribution in [-0.2, 0) is 11.3 Å². The highest BCUT2D eigenvalue weighted by Gasteiger charge is 2.02. The van der Waals surface area contributed by atoms with E-state index in [2.05, 4.69) is 5.10 Å². The Hall–Kier alpha value is -2.36. The van der Waals surface area contributed by atoms with E-state index < -0.39 is 5.97 Å². The molecule has 0 atom stereocenters. The molecule has 0 fully saturated rings. The first-order chi connectivity index (χ1) is 9.04. The summed E-state index contributed by atoms with van der Waals surface area (Å²) in [6.07, 6.45) is 2.73. The van der Waals surface area contributed by atoms with Crippen LogP contribution in [0.3, 0.4) is 0 Å². The van der Waals surface area contributed by atoms with Crippen LogP contribution < -0.4 is 0 Å². The molecule has 4 nitrogen and oxygen atoms in total. The molecule has 1 heterocycles. The first kappa shape index (κ1) is 13.1. The molecule has 0 aliphatic heterocycles. The molecule has 0 saturated carbocycles. The summed E-state index contributed by atoms with van der Waals surface area (Å²) in [7, 11) is 0. The van der Waals surface area contributed by atoms with E-state index in [1.165, 1.54) is 0 Å². The lowest BCUT2D eigenvalue weighted by Crippen LogP contribution is -2.03. The lowest BCUT2D eigenvalue weighted by molar-refractivity contribution is -0.131. The van der Waals surface area contributed by atoms with Crippen LogP contribution in [0.4, 0.5) is 0 Å². The largest absolute Gasteiger partial charge is 0.478 e. The average Bonchev–Trinajstić information content (AvgIpc) is 2.66. The van der Waals surface area contributed by atoms with Crippen LogP contribution in [-0.4, -0.2) is 20.9 Å². The van der Waals surface area contributed by atoms with Crippen LogP contribution in [0.15, 0.2) is 36.4 Å². The number of hydrogen-bond acceptors (Lipinski definition) is 2. The predicted octanol–water partition coefficient (Wildman–Crippen LogP) is 2.65. The molecular weight excluding hydrogens is 240 g/mol. The lowest BCUT2D eigenvalue weighted by Gasteiger charge is -2.05. The van der Waals surface area contributed by atoms with Crippen LogP contribution in [0, 0.1) is 13.8 Å². The highest BCUT2D eigenvalue weighted by Crippen LogP contribution is 2.11. The fourth-order valence-corrected chi connectivity index (χ4v) is 1.97. The molecular formula is C15H16N2O2. The molecule has 0 amide bonds. The zero-order chi connectivity index (χ0) is 13.8. The molecule has 0 saturated heterocycles. The number of carbonyl (C=O) groups is 1. The third kappa shape index (κ3) is 3.55. The summed E-state index contributed by atoms with van der Waals surface area (Å²) in [5.41, 5.74) is 4.09. The minimum absolute atomic E-state index is 0.689. The zero-order valence-electron chi connectivity index (χ0n) is 11.0. The van der Waals surface area contributed by atoms with Crippen LogP contribution in [0.2, 0.25) is 0 Å². The number of nitrogens with zero attached hydrogens (tertiary/aromatic N) is 2. The Bertz CT molecular complexity index is 627. The summed E-state index contributed by atoms with van der Waals surface area (Å²) in [4.78, 5) is 10.5. The highest BCUT2D eigenvalue weighted by molar-refractivity contribution is 5.85. The van der Waals surface area contributed by atoms with Gasteiger partial charge in [0.05, 0.1) is 12.2 Å². The molecule has 2 rings (SSSR count). The highest BCUT2D eigenvalue weighted by atomic mass is 16.4. The van der Waals surface area contributed by atoms with Gasteiger partial charge in [0.15, 0.2) is 0 Å². The maximum atomic E-state index is 10.5. The van der Waals surface area contributed by atoms with Crippen molar-refractivity contribution in [3.05, 3.63) is 58.9 Å². The van der Waals surface area contributed by atoms with Crippen molar-refractivity contribution in [1.82, 2.24) is 9.78 Å². The Morgan fingerprint density at radius 1 is 1.37 bits per heavy atom. The number of carboxylic acid groups (broad SMARTS) is 1. The van der Waals surface area contributed by atoms with Gasteiger partial charge in [-0.2, -0.15) is 5.10 Å². The maximum absolute atomic E-state index is 10.5.